The van der Waals surface area contributed by atoms with Gasteiger partial charge in [-0.25, -0.2) is 0 Å². The minimum atomic E-state index is -2.22. The standard InChI is InChI=1S/C109H113BN4/c1-103(2,3)66-69-54-100-102-101(55-69)114(97-65-87(71-35-31-39-77(57-71)107(13,14)15)75(68-105(7,8)9)61-89(97)73-37-33-41-79(59-73)109(19,20)21)99-63-81(112-94-48-28-24-44-84(94)85-45-25-29-49-95(85)112)51-53-91(99)110(102)90-52-50-80(111-92-46-26-22-42-82(92)83-43-23-27-47-93(83)111)62-98(90)113(100)96-64-86(70-34-30-38-76(56-70)106(10,11)12)74(67-104(4,5)6)60-88(96)72-36-32-40-78(58-72)108(16,17)18/h22-65H,66-68H2,1-21H3/i22D,23D,24D,25D,26D,27D,28D,29D,42D,43D,44D,45D,46D,47D,48D,49D,66D2. The lowest BCUT2D eigenvalue weighted by molar-refractivity contribution is 0.411. The second-order valence-corrected chi connectivity index (χ2v) is 39.3. The Morgan fingerprint density at radius 2 is 0.605 bits per heavy atom. The van der Waals surface area contributed by atoms with Gasteiger partial charge in [-0.2, -0.15) is 0 Å². The molecule has 0 spiro atoms. The molecule has 0 bridgehead atoms. The Labute approximate surface area is 705 Å². The van der Waals surface area contributed by atoms with Crippen LogP contribution in [0.1, 0.15) is 209 Å². The molecule has 0 saturated carbocycles. The van der Waals surface area contributed by atoms with Crippen molar-refractivity contribution in [3.8, 4) is 55.9 Å². The summed E-state index contributed by atoms with van der Waals surface area (Å²) in [7, 11) is 0. The van der Waals surface area contributed by atoms with Gasteiger partial charge in [0.15, 0.2) is 0 Å². The lowest BCUT2D eigenvalue weighted by atomic mass is 9.33. The Kier molecular flexibility index (Phi) is 13.8. The van der Waals surface area contributed by atoms with Crippen LogP contribution in [-0.2, 0) is 40.9 Å². The molecule has 2 aliphatic heterocycles. The number of hydrogen-bond donors (Lipinski definition) is 0. The Morgan fingerprint density at radius 1 is 0.298 bits per heavy atom. The van der Waals surface area contributed by atoms with Gasteiger partial charge in [0.2, 0.25) is 0 Å². The van der Waals surface area contributed by atoms with Crippen molar-refractivity contribution in [1.29, 1.82) is 0 Å². The van der Waals surface area contributed by atoms with Crippen molar-refractivity contribution >= 4 is 101 Å². The summed E-state index contributed by atoms with van der Waals surface area (Å²) in [6.45, 7) is 44.6. The summed E-state index contributed by atoms with van der Waals surface area (Å²) in [6.07, 6.45) is -0.992. The van der Waals surface area contributed by atoms with Gasteiger partial charge >= 0.3 is 0 Å². The maximum absolute atomic E-state index is 11.1. The molecule has 0 saturated heterocycles. The van der Waals surface area contributed by atoms with E-state index < -0.39 is 115 Å². The predicted octanol–water partition coefficient (Wildman–Crippen LogP) is 28.6. The summed E-state index contributed by atoms with van der Waals surface area (Å²) in [5, 5.41) is -0.420. The van der Waals surface area contributed by atoms with Crippen LogP contribution in [-0.4, -0.2) is 15.8 Å². The van der Waals surface area contributed by atoms with E-state index in [4.69, 9.17) is 0 Å². The van der Waals surface area contributed by atoms with Crippen LogP contribution in [0.15, 0.2) is 267 Å². The van der Waals surface area contributed by atoms with Gasteiger partial charge in [0.1, 0.15) is 0 Å². The third-order valence-electron chi connectivity index (χ3n) is 22.7. The lowest BCUT2D eigenvalue weighted by Gasteiger charge is -2.46. The summed E-state index contributed by atoms with van der Waals surface area (Å²) in [5.41, 5.74) is 16.3. The van der Waals surface area contributed by atoms with Gasteiger partial charge in [0.05, 0.1) is 55.4 Å². The SMILES string of the molecule is [2H]c1c([2H])c([2H])c2c(c1[2H])c1c([2H])c([2H])c([2H])c([2H])c1n2-c1ccc2c(c1)N(c1cc(-c3cccc(C(C)(C)C)c3)c(CC(C)(C)C)cc1-c1cccc(C(C)(C)C)c1)c1cc(C([2H])([2H])C(C)(C)C)cc3c1B2c1ccc(-n2c4c([2H])c([2H])c([2H])c([2H])c4c4c([2H])c([2H])c([2H])c([2H])c42)cc1N3c1cc(-c2cccc(C(C)(C)C)c2)c(CC(C)(C)C)cc1-c1cccc(C(C)(C)C)c1. The maximum Gasteiger partial charge on any atom is 0.252 e. The van der Waals surface area contributed by atoms with E-state index in [1.54, 1.807) is 9.13 Å². The molecule has 0 atom stereocenters. The van der Waals surface area contributed by atoms with Gasteiger partial charge in [-0.3, -0.25) is 0 Å². The molecule has 0 amide bonds. The summed E-state index contributed by atoms with van der Waals surface area (Å²) in [5.74, 6) is 0. The zero-order valence-electron chi connectivity index (χ0n) is 87.9. The molecule has 0 aliphatic carbocycles. The van der Waals surface area contributed by atoms with E-state index in [9.17, 15) is 24.7 Å². The number of anilines is 6. The van der Waals surface area contributed by atoms with Crippen molar-refractivity contribution in [1.82, 2.24) is 9.13 Å². The minimum Gasteiger partial charge on any atom is -0.311 e. The van der Waals surface area contributed by atoms with Gasteiger partial charge in [-0.15, -0.1) is 0 Å². The van der Waals surface area contributed by atoms with Crippen molar-refractivity contribution in [2.24, 2.45) is 16.2 Å². The van der Waals surface area contributed by atoms with Crippen LogP contribution in [0, 0.1) is 16.2 Å². The van der Waals surface area contributed by atoms with E-state index in [1.807, 2.05) is 69.3 Å². The van der Waals surface area contributed by atoms with Crippen molar-refractivity contribution in [3.05, 3.63) is 305 Å². The maximum atomic E-state index is 11.1. The van der Waals surface area contributed by atoms with E-state index in [0.717, 1.165) is 83.4 Å². The highest BCUT2D eigenvalue weighted by Crippen LogP contribution is 2.54. The first-order valence-electron chi connectivity index (χ1n) is 49.2. The molecule has 0 unspecified atom stereocenters. The number of rotatable bonds is 11. The van der Waals surface area contributed by atoms with Gasteiger partial charge in [0.25, 0.3) is 6.71 Å². The van der Waals surface area contributed by atoms with Gasteiger partial charge in [-0.1, -0.05) is 327 Å². The summed E-state index contributed by atoms with van der Waals surface area (Å²) in [4.78, 5) is 4.48. The third kappa shape index (κ3) is 13.9. The fourth-order valence-electron chi connectivity index (χ4n) is 17.3. The van der Waals surface area contributed by atoms with Crippen LogP contribution < -0.4 is 26.2 Å². The fourth-order valence-corrected chi connectivity index (χ4v) is 17.3. The number of aromatic nitrogens is 2. The Hall–Kier alpha value is -10.9. The first-order valence-corrected chi connectivity index (χ1v) is 40.2. The molecule has 15 aromatic rings. The fraction of sp³-hybridized carbons (Fsp3) is 0.284. The molecule has 114 heavy (non-hydrogen) atoms. The van der Waals surface area contributed by atoms with Crippen molar-refractivity contribution < 1.29 is 24.7 Å². The molecular weight excluding hydrogens is 1380 g/mol. The highest BCUT2D eigenvalue weighted by atomic mass is 15.2. The predicted molar refractivity (Wildman–Crippen MR) is 495 cm³/mol. The molecule has 572 valence electrons. The molecular formula is C109H113BN4. The number of benzene rings is 13. The topological polar surface area (TPSA) is 16.3 Å². The Balaban J connectivity index is 1.14. The average molecular weight is 1510 g/mol. The van der Waals surface area contributed by atoms with Crippen LogP contribution in [0.4, 0.5) is 34.1 Å². The van der Waals surface area contributed by atoms with E-state index in [-0.39, 0.29) is 93.0 Å². The highest BCUT2D eigenvalue weighted by Gasteiger charge is 2.46. The van der Waals surface area contributed by atoms with Crippen LogP contribution >= 0.6 is 0 Å². The number of hydrogen-bond acceptors (Lipinski definition) is 2. The van der Waals surface area contributed by atoms with Gasteiger partial charge < -0.3 is 18.9 Å². The first kappa shape index (κ1) is 57.2. The number of para-hydroxylation sites is 4. The van der Waals surface area contributed by atoms with Gasteiger partial charge in [-0.05, 0) is 231 Å². The van der Waals surface area contributed by atoms with Gasteiger partial charge in [0, 0.05) is 69.5 Å². The van der Waals surface area contributed by atoms with Crippen molar-refractivity contribution in [3.63, 3.8) is 0 Å². The molecule has 4 nitrogen and oxygen atoms in total. The highest BCUT2D eigenvalue weighted by molar-refractivity contribution is 7.00. The molecule has 17 rings (SSSR count). The smallest absolute Gasteiger partial charge is 0.252 e. The van der Waals surface area contributed by atoms with Crippen LogP contribution in [0.3, 0.4) is 0 Å². The van der Waals surface area contributed by atoms with E-state index >= 15 is 0 Å². The zero-order valence-corrected chi connectivity index (χ0v) is 69.9. The summed E-state index contributed by atoms with van der Waals surface area (Å²) >= 11 is 0. The molecule has 0 N–H and O–H groups in total. The summed E-state index contributed by atoms with van der Waals surface area (Å²) in [6, 6.07) is 50.8. The minimum absolute atomic E-state index is 0.0892. The number of fused-ring (bicyclic) bond motifs is 10. The van der Waals surface area contributed by atoms with Crippen molar-refractivity contribution in [2.75, 3.05) is 9.80 Å². The normalized spacial score (nSPS) is 15.9. The monoisotopic (exact) mass is 1510 g/mol. The molecule has 5 heteroatoms. The first-order chi connectivity index (χ1) is 61.3. The molecule has 0 radical (unpaired) electrons. The second kappa shape index (κ2) is 27.4. The molecule has 13 aromatic carbocycles. The largest absolute Gasteiger partial charge is 0.311 e. The molecule has 0 fully saturated rings. The Morgan fingerprint density at radius 3 is 0.904 bits per heavy atom. The third-order valence-corrected chi connectivity index (χ3v) is 22.7. The van der Waals surface area contributed by atoms with Crippen LogP contribution in [0.25, 0.3) is 99.5 Å². The Bertz CT molecular complexity index is 6870. The van der Waals surface area contributed by atoms with Crippen LogP contribution in [0.2, 0.25) is 0 Å². The lowest BCUT2D eigenvalue weighted by Crippen LogP contribution is -2.61. The summed E-state index contributed by atoms with van der Waals surface area (Å²) < 4.78 is 179. The molecule has 2 aromatic heterocycles. The quantitative estimate of drug-likeness (QED) is 0.120. The molecule has 2 aliphatic rings. The van der Waals surface area contributed by atoms with E-state index in [2.05, 4.69) is 256 Å². The average Bonchev–Trinajstić information content (AvgIpc) is 0.937. The zero-order chi connectivity index (χ0) is 96.0. The number of nitrogens with zero attached hydrogens (tertiary/aromatic N) is 4. The second-order valence-electron chi connectivity index (χ2n) is 39.3. The van der Waals surface area contributed by atoms with Crippen LogP contribution in [0.5, 0.6) is 0 Å². The van der Waals surface area contributed by atoms with E-state index in [0.29, 0.717) is 57.9 Å². The van der Waals surface area contributed by atoms with E-state index in [1.165, 1.54) is 0 Å². The van der Waals surface area contributed by atoms with Crippen molar-refractivity contribution in [2.45, 2.75) is 186 Å². The molecule has 4 heterocycles.